The van der Waals surface area contributed by atoms with E-state index in [9.17, 15) is 0 Å². The summed E-state index contributed by atoms with van der Waals surface area (Å²) < 4.78 is 0. The molecule has 3 rings (SSSR count). The molecule has 0 bridgehead atoms. The summed E-state index contributed by atoms with van der Waals surface area (Å²) in [6.07, 6.45) is 3.02. The summed E-state index contributed by atoms with van der Waals surface area (Å²) in [5.41, 5.74) is 1.54. The topological polar surface area (TPSA) is 37.0 Å². The van der Waals surface area contributed by atoms with E-state index in [0.717, 1.165) is 12.4 Å². The van der Waals surface area contributed by atoms with Gasteiger partial charge in [0.2, 0.25) is 0 Å². The fourth-order valence-electron chi connectivity index (χ4n) is 2.78. The fourth-order valence-corrected chi connectivity index (χ4v) is 2.78. The molecule has 1 fully saturated rings. The Morgan fingerprint density at radius 1 is 1.43 bits per heavy atom. The van der Waals surface area contributed by atoms with Crippen molar-refractivity contribution in [3.63, 3.8) is 0 Å². The minimum Gasteiger partial charge on any atom is -0.351 e. The Balaban J connectivity index is 2.22. The van der Waals surface area contributed by atoms with Gasteiger partial charge in [0.05, 0.1) is 5.66 Å². The van der Waals surface area contributed by atoms with Crippen molar-refractivity contribution in [3.05, 3.63) is 23.9 Å². The highest BCUT2D eigenvalue weighted by Gasteiger charge is 2.55. The molecule has 2 N–H and O–H groups in total. The van der Waals surface area contributed by atoms with Gasteiger partial charge in [-0.1, -0.05) is 13.0 Å². The fraction of sp³-hybridized carbons (Fsp3) is 0.545. The van der Waals surface area contributed by atoms with Crippen LogP contribution < -0.4 is 10.6 Å². The van der Waals surface area contributed by atoms with Crippen LogP contribution in [0.3, 0.4) is 0 Å². The molecule has 0 aliphatic carbocycles. The molecule has 1 aromatic heterocycles. The lowest BCUT2D eigenvalue weighted by atomic mass is 9.76. The highest BCUT2D eigenvalue weighted by Crippen LogP contribution is 2.49. The second-order valence-electron chi connectivity index (χ2n) is 4.66. The van der Waals surface area contributed by atoms with Crippen molar-refractivity contribution in [2.75, 3.05) is 11.9 Å². The van der Waals surface area contributed by atoms with Crippen molar-refractivity contribution in [3.8, 4) is 0 Å². The maximum absolute atomic E-state index is 4.38. The lowest BCUT2D eigenvalue weighted by Gasteiger charge is -2.34. The molecule has 74 valence electrons. The van der Waals surface area contributed by atoms with Crippen molar-refractivity contribution in [1.29, 1.82) is 0 Å². The molecule has 2 atom stereocenters. The minimum absolute atomic E-state index is 0.0102. The highest BCUT2D eigenvalue weighted by molar-refractivity contribution is 5.60. The predicted molar refractivity (Wildman–Crippen MR) is 56.2 cm³/mol. The van der Waals surface area contributed by atoms with Crippen LogP contribution in [0.2, 0.25) is 0 Å². The Morgan fingerprint density at radius 2 is 2.29 bits per heavy atom. The minimum atomic E-state index is -0.0102. The van der Waals surface area contributed by atoms with Crippen molar-refractivity contribution in [1.82, 2.24) is 10.3 Å². The van der Waals surface area contributed by atoms with Gasteiger partial charge < -0.3 is 5.32 Å². The Kier molecular flexibility index (Phi) is 1.34. The van der Waals surface area contributed by atoms with Crippen LogP contribution in [-0.4, -0.2) is 17.2 Å². The Bertz CT molecular complexity index is 390. The summed E-state index contributed by atoms with van der Waals surface area (Å²) in [4.78, 5) is 4.38. The molecular formula is C11H15N3. The summed E-state index contributed by atoms with van der Waals surface area (Å²) in [7, 11) is 0. The van der Waals surface area contributed by atoms with Gasteiger partial charge in [-0.25, -0.2) is 4.98 Å². The van der Waals surface area contributed by atoms with Gasteiger partial charge >= 0.3 is 0 Å². The van der Waals surface area contributed by atoms with E-state index in [4.69, 9.17) is 0 Å². The molecule has 14 heavy (non-hydrogen) atoms. The first-order valence-electron chi connectivity index (χ1n) is 5.14. The average Bonchev–Trinajstić information content (AvgIpc) is 2.54. The molecule has 0 aromatic carbocycles. The van der Waals surface area contributed by atoms with Gasteiger partial charge in [-0.3, -0.25) is 5.32 Å². The van der Waals surface area contributed by atoms with Gasteiger partial charge in [0.15, 0.2) is 0 Å². The average molecular weight is 189 g/mol. The number of pyridine rings is 1. The van der Waals surface area contributed by atoms with Crippen molar-refractivity contribution >= 4 is 5.82 Å². The largest absolute Gasteiger partial charge is 0.351 e. The summed E-state index contributed by atoms with van der Waals surface area (Å²) in [5, 5.41) is 7.02. The monoisotopic (exact) mass is 189 g/mol. The first-order valence-corrected chi connectivity index (χ1v) is 5.14. The van der Waals surface area contributed by atoms with E-state index in [0.29, 0.717) is 0 Å². The number of anilines is 1. The quantitative estimate of drug-likeness (QED) is 0.649. The molecule has 1 aromatic rings. The highest BCUT2D eigenvalue weighted by atomic mass is 15.3. The number of nitrogens with zero attached hydrogens (tertiary/aromatic N) is 1. The number of hydrogen-bond donors (Lipinski definition) is 2. The SMILES string of the molecule is CC12NCCC1(C)c1cccnc1N2. The molecule has 3 nitrogen and oxygen atoms in total. The maximum atomic E-state index is 4.38. The van der Waals surface area contributed by atoms with Gasteiger partial charge in [0.1, 0.15) is 5.82 Å². The van der Waals surface area contributed by atoms with Crippen molar-refractivity contribution in [2.45, 2.75) is 31.3 Å². The summed E-state index contributed by atoms with van der Waals surface area (Å²) >= 11 is 0. The number of fused-ring (bicyclic) bond motifs is 3. The smallest absolute Gasteiger partial charge is 0.131 e. The van der Waals surface area contributed by atoms with Crippen LogP contribution in [0.5, 0.6) is 0 Å². The maximum Gasteiger partial charge on any atom is 0.131 e. The molecule has 3 heteroatoms. The molecule has 0 amide bonds. The third-order valence-electron chi connectivity index (χ3n) is 3.98. The van der Waals surface area contributed by atoms with E-state index in [1.54, 1.807) is 0 Å². The number of rotatable bonds is 0. The van der Waals surface area contributed by atoms with E-state index in [1.165, 1.54) is 12.0 Å². The summed E-state index contributed by atoms with van der Waals surface area (Å²) in [6.45, 7) is 5.61. The van der Waals surface area contributed by atoms with Crippen LogP contribution >= 0.6 is 0 Å². The number of aromatic nitrogens is 1. The predicted octanol–water partition coefficient (Wildman–Crippen LogP) is 1.47. The Morgan fingerprint density at radius 3 is 3.14 bits per heavy atom. The first kappa shape index (κ1) is 8.24. The van der Waals surface area contributed by atoms with Crippen LogP contribution in [0.4, 0.5) is 5.82 Å². The Hall–Kier alpha value is -1.09. The number of hydrogen-bond acceptors (Lipinski definition) is 3. The lowest BCUT2D eigenvalue weighted by Crippen LogP contribution is -2.52. The molecular weight excluding hydrogens is 174 g/mol. The molecule has 2 aliphatic rings. The van der Waals surface area contributed by atoms with E-state index < -0.39 is 0 Å². The van der Waals surface area contributed by atoms with Crippen LogP contribution in [0.25, 0.3) is 0 Å². The van der Waals surface area contributed by atoms with E-state index >= 15 is 0 Å². The molecule has 0 radical (unpaired) electrons. The second-order valence-corrected chi connectivity index (χ2v) is 4.66. The Labute approximate surface area is 83.9 Å². The number of nitrogens with one attached hydrogen (secondary N) is 2. The van der Waals surface area contributed by atoms with Crippen LogP contribution in [0, 0.1) is 0 Å². The van der Waals surface area contributed by atoms with E-state index in [-0.39, 0.29) is 11.1 Å². The summed E-state index contributed by atoms with van der Waals surface area (Å²) in [6, 6.07) is 4.21. The first-order chi connectivity index (χ1) is 6.66. The van der Waals surface area contributed by atoms with E-state index in [1.807, 2.05) is 12.3 Å². The molecule has 2 unspecified atom stereocenters. The molecule has 3 heterocycles. The van der Waals surface area contributed by atoms with Gasteiger partial charge in [-0.05, 0) is 26.0 Å². The standard InChI is InChI=1S/C11H15N3/c1-10-5-7-13-11(10,2)14-9-8(10)4-3-6-12-9/h3-4,6,13H,5,7H2,1-2H3,(H,12,14). The van der Waals surface area contributed by atoms with Gasteiger partial charge in [0, 0.05) is 17.2 Å². The van der Waals surface area contributed by atoms with Crippen LogP contribution in [0.1, 0.15) is 25.8 Å². The molecule has 0 spiro atoms. The zero-order chi connectivity index (χ0) is 9.81. The normalized spacial score (nSPS) is 39.0. The van der Waals surface area contributed by atoms with Gasteiger partial charge in [-0.15, -0.1) is 0 Å². The summed E-state index contributed by atoms with van der Waals surface area (Å²) in [5.74, 6) is 1.05. The van der Waals surface area contributed by atoms with Crippen LogP contribution in [0.15, 0.2) is 18.3 Å². The van der Waals surface area contributed by atoms with Crippen molar-refractivity contribution in [2.24, 2.45) is 0 Å². The third kappa shape index (κ3) is 0.746. The molecule has 1 saturated heterocycles. The second kappa shape index (κ2) is 2.28. The molecule has 2 aliphatic heterocycles. The van der Waals surface area contributed by atoms with E-state index in [2.05, 4.69) is 35.5 Å². The lowest BCUT2D eigenvalue weighted by molar-refractivity contribution is 0.331. The van der Waals surface area contributed by atoms with Crippen LogP contribution in [-0.2, 0) is 5.41 Å². The van der Waals surface area contributed by atoms with Crippen molar-refractivity contribution < 1.29 is 0 Å². The molecule has 0 saturated carbocycles. The van der Waals surface area contributed by atoms with Gasteiger partial charge in [0.25, 0.3) is 0 Å². The zero-order valence-electron chi connectivity index (χ0n) is 8.59. The van der Waals surface area contributed by atoms with Gasteiger partial charge in [-0.2, -0.15) is 0 Å². The zero-order valence-corrected chi connectivity index (χ0v) is 8.59. The third-order valence-corrected chi connectivity index (χ3v) is 3.98.